The molecular formula is C20H28N2O5. The van der Waals surface area contributed by atoms with Crippen LogP contribution in [0.1, 0.15) is 36.0 Å². The summed E-state index contributed by atoms with van der Waals surface area (Å²) in [6, 6.07) is 6.85. The minimum atomic E-state index is -0.264. The number of phenols is 1. The van der Waals surface area contributed by atoms with Crippen molar-refractivity contribution in [2.24, 2.45) is 11.8 Å². The van der Waals surface area contributed by atoms with Gasteiger partial charge in [-0.2, -0.15) is 0 Å². The van der Waals surface area contributed by atoms with Gasteiger partial charge in [-0.1, -0.05) is 6.07 Å². The zero-order valence-corrected chi connectivity index (χ0v) is 15.4. The molecule has 4 atom stereocenters. The standard InChI is InChI=1S/C19H26N2O3.CH2O2/c22-16-5-3-4-13(8-16)19(24)21-11-14-9-17(20-6-1-2-7-20)18(23)10-15(14)12-21;2-1-3/h3-5,8,14-15,17-18,22-23H,1-2,6-7,9-12H2;1H,(H,2,3)/t14-,15+,17-,18-;/m1./s1. The summed E-state index contributed by atoms with van der Waals surface area (Å²) in [6.07, 6.45) is 4.00. The number of amides is 1. The number of aliphatic hydroxyl groups excluding tert-OH is 1. The van der Waals surface area contributed by atoms with Gasteiger partial charge in [0, 0.05) is 24.7 Å². The normalized spacial score (nSPS) is 30.3. The molecule has 0 aromatic heterocycles. The zero-order valence-electron chi connectivity index (χ0n) is 15.4. The fourth-order valence-corrected chi connectivity index (χ4v) is 4.86. The van der Waals surface area contributed by atoms with Crippen LogP contribution in [0.2, 0.25) is 0 Å². The molecule has 27 heavy (non-hydrogen) atoms. The summed E-state index contributed by atoms with van der Waals surface area (Å²) in [5.41, 5.74) is 0.547. The zero-order chi connectivity index (χ0) is 19.4. The maximum Gasteiger partial charge on any atom is 0.290 e. The molecule has 3 aliphatic rings. The molecule has 4 rings (SSSR count). The molecule has 3 N–H and O–H groups in total. The van der Waals surface area contributed by atoms with Crippen molar-refractivity contribution in [2.75, 3.05) is 26.2 Å². The van der Waals surface area contributed by atoms with Gasteiger partial charge in [-0.3, -0.25) is 14.5 Å². The fraction of sp³-hybridized carbons (Fsp3) is 0.600. The van der Waals surface area contributed by atoms with Gasteiger partial charge in [-0.15, -0.1) is 0 Å². The number of benzene rings is 1. The molecule has 148 valence electrons. The molecule has 1 aromatic rings. The third kappa shape index (κ3) is 4.42. The quantitative estimate of drug-likeness (QED) is 0.675. The molecule has 1 saturated carbocycles. The number of likely N-dealkylation sites (tertiary alicyclic amines) is 2. The summed E-state index contributed by atoms with van der Waals surface area (Å²) in [4.78, 5) is 25.4. The molecule has 2 heterocycles. The van der Waals surface area contributed by atoms with Crippen molar-refractivity contribution >= 4 is 12.4 Å². The first-order valence-corrected chi connectivity index (χ1v) is 9.61. The number of fused-ring (bicyclic) bond motifs is 1. The predicted octanol–water partition coefficient (Wildman–Crippen LogP) is 1.40. The maximum atomic E-state index is 12.7. The van der Waals surface area contributed by atoms with Gasteiger partial charge in [0.2, 0.25) is 0 Å². The first-order chi connectivity index (χ1) is 13.0. The van der Waals surface area contributed by atoms with Crippen LogP contribution in [0.5, 0.6) is 5.75 Å². The van der Waals surface area contributed by atoms with E-state index < -0.39 is 0 Å². The molecule has 0 spiro atoms. The average Bonchev–Trinajstić information content (AvgIpc) is 3.30. The second kappa shape index (κ2) is 8.71. The van der Waals surface area contributed by atoms with Crippen LogP contribution < -0.4 is 0 Å². The van der Waals surface area contributed by atoms with Crippen molar-refractivity contribution in [1.82, 2.24) is 9.80 Å². The number of carbonyl (C=O) groups excluding carboxylic acids is 1. The van der Waals surface area contributed by atoms with Crippen LogP contribution in [0.25, 0.3) is 0 Å². The molecule has 7 heteroatoms. The van der Waals surface area contributed by atoms with Gasteiger partial charge in [-0.25, -0.2) is 0 Å². The minimum Gasteiger partial charge on any atom is -0.508 e. The Bertz CT molecular complexity index is 662. The number of aliphatic hydroxyl groups is 1. The number of hydrogen-bond donors (Lipinski definition) is 3. The van der Waals surface area contributed by atoms with Crippen LogP contribution in [0.4, 0.5) is 0 Å². The minimum absolute atomic E-state index is 0.00693. The van der Waals surface area contributed by atoms with E-state index in [1.807, 2.05) is 4.90 Å². The van der Waals surface area contributed by atoms with Crippen molar-refractivity contribution in [2.45, 2.75) is 37.8 Å². The summed E-state index contributed by atoms with van der Waals surface area (Å²) in [7, 11) is 0. The van der Waals surface area contributed by atoms with Gasteiger partial charge < -0.3 is 20.2 Å². The highest BCUT2D eigenvalue weighted by Crippen LogP contribution is 2.39. The molecule has 1 amide bonds. The lowest BCUT2D eigenvalue weighted by Crippen LogP contribution is -2.48. The Labute approximate surface area is 159 Å². The van der Waals surface area contributed by atoms with E-state index in [1.54, 1.807) is 18.2 Å². The van der Waals surface area contributed by atoms with Crippen LogP contribution in [-0.2, 0) is 4.79 Å². The Morgan fingerprint density at radius 1 is 1.11 bits per heavy atom. The van der Waals surface area contributed by atoms with Crippen molar-refractivity contribution in [3.8, 4) is 5.75 Å². The molecular weight excluding hydrogens is 348 g/mol. The lowest BCUT2D eigenvalue weighted by atomic mass is 9.77. The Kier molecular flexibility index (Phi) is 6.34. The maximum absolute atomic E-state index is 12.7. The Hall–Kier alpha value is -2.12. The van der Waals surface area contributed by atoms with Crippen LogP contribution in [0, 0.1) is 11.8 Å². The first-order valence-electron chi connectivity index (χ1n) is 9.61. The largest absolute Gasteiger partial charge is 0.508 e. The predicted molar refractivity (Wildman–Crippen MR) is 99.5 cm³/mol. The van der Waals surface area contributed by atoms with E-state index in [-0.39, 0.29) is 30.3 Å². The monoisotopic (exact) mass is 376 g/mol. The average molecular weight is 376 g/mol. The van der Waals surface area contributed by atoms with Gasteiger partial charge in [0.1, 0.15) is 5.75 Å². The summed E-state index contributed by atoms with van der Waals surface area (Å²) in [6.45, 7) is 3.45. The van der Waals surface area contributed by atoms with Crippen molar-refractivity contribution in [3.05, 3.63) is 29.8 Å². The summed E-state index contributed by atoms with van der Waals surface area (Å²) in [5.74, 6) is 1.01. The molecule has 1 aromatic carbocycles. The number of rotatable bonds is 2. The first kappa shape index (κ1) is 19.6. The lowest BCUT2D eigenvalue weighted by Gasteiger charge is -2.40. The van der Waals surface area contributed by atoms with Gasteiger partial charge in [0.25, 0.3) is 12.4 Å². The third-order valence-electron chi connectivity index (χ3n) is 6.10. The Morgan fingerprint density at radius 3 is 2.37 bits per heavy atom. The number of phenolic OH excluding ortho intramolecular Hbond substituents is 1. The molecule has 2 aliphatic heterocycles. The van der Waals surface area contributed by atoms with E-state index in [4.69, 9.17) is 9.90 Å². The molecule has 0 radical (unpaired) electrons. The highest BCUT2D eigenvalue weighted by atomic mass is 16.3. The van der Waals surface area contributed by atoms with Crippen LogP contribution in [-0.4, -0.2) is 75.8 Å². The summed E-state index contributed by atoms with van der Waals surface area (Å²) >= 11 is 0. The van der Waals surface area contributed by atoms with E-state index in [9.17, 15) is 15.0 Å². The second-order valence-electron chi connectivity index (χ2n) is 7.74. The highest BCUT2D eigenvalue weighted by Gasteiger charge is 2.44. The number of carbonyl (C=O) groups is 2. The number of nitrogens with zero attached hydrogens (tertiary/aromatic N) is 2. The van der Waals surface area contributed by atoms with Gasteiger partial charge in [-0.05, 0) is 68.8 Å². The van der Waals surface area contributed by atoms with Crippen molar-refractivity contribution < 1.29 is 24.9 Å². The van der Waals surface area contributed by atoms with Crippen LogP contribution in [0.15, 0.2) is 24.3 Å². The summed E-state index contributed by atoms with van der Waals surface area (Å²) in [5, 5.41) is 27.1. The topological polar surface area (TPSA) is 101 Å². The fourth-order valence-electron chi connectivity index (χ4n) is 4.86. The van der Waals surface area contributed by atoms with Crippen molar-refractivity contribution in [1.29, 1.82) is 0 Å². The lowest BCUT2D eigenvalue weighted by molar-refractivity contribution is -0.122. The number of aromatic hydroxyl groups is 1. The Balaban J connectivity index is 0.000000659. The highest BCUT2D eigenvalue weighted by molar-refractivity contribution is 5.94. The summed E-state index contributed by atoms with van der Waals surface area (Å²) < 4.78 is 0. The van der Waals surface area contributed by atoms with Crippen molar-refractivity contribution in [3.63, 3.8) is 0 Å². The molecule has 1 aliphatic carbocycles. The van der Waals surface area contributed by atoms with E-state index in [0.717, 1.165) is 39.0 Å². The van der Waals surface area contributed by atoms with Crippen LogP contribution >= 0.6 is 0 Å². The van der Waals surface area contributed by atoms with Gasteiger partial charge in [0.05, 0.1) is 6.10 Å². The molecule has 0 bridgehead atoms. The molecule has 2 saturated heterocycles. The van der Waals surface area contributed by atoms with E-state index in [0.29, 0.717) is 17.4 Å². The van der Waals surface area contributed by atoms with Gasteiger partial charge >= 0.3 is 0 Å². The van der Waals surface area contributed by atoms with E-state index in [2.05, 4.69) is 4.90 Å². The number of carboxylic acid groups (broad SMARTS) is 1. The third-order valence-corrected chi connectivity index (χ3v) is 6.10. The SMILES string of the molecule is O=C(c1cccc(O)c1)N1C[C@H]2C[C@@H](N3CCCC3)[C@H](O)C[C@H]2C1.O=CO. The molecule has 7 nitrogen and oxygen atoms in total. The molecule has 0 unspecified atom stereocenters. The second-order valence-corrected chi connectivity index (χ2v) is 7.74. The van der Waals surface area contributed by atoms with Crippen LogP contribution in [0.3, 0.4) is 0 Å². The van der Waals surface area contributed by atoms with E-state index in [1.165, 1.54) is 18.9 Å². The molecule has 3 fully saturated rings. The number of hydrogen-bond acceptors (Lipinski definition) is 5. The van der Waals surface area contributed by atoms with E-state index >= 15 is 0 Å². The van der Waals surface area contributed by atoms with Gasteiger partial charge in [0.15, 0.2) is 0 Å². The Morgan fingerprint density at radius 2 is 1.74 bits per heavy atom. The smallest absolute Gasteiger partial charge is 0.290 e.